The molecule has 0 saturated heterocycles. The predicted octanol–water partition coefficient (Wildman–Crippen LogP) is 1.10. The minimum absolute atomic E-state index is 0.125. The van der Waals surface area contributed by atoms with E-state index < -0.39 is 22.0 Å². The van der Waals surface area contributed by atoms with E-state index in [4.69, 9.17) is 5.11 Å². The van der Waals surface area contributed by atoms with Crippen molar-refractivity contribution in [3.63, 3.8) is 0 Å². The highest BCUT2D eigenvalue weighted by Crippen LogP contribution is 2.23. The second kappa shape index (κ2) is 4.13. The maximum Gasteiger partial charge on any atom is 0.341 e. The van der Waals surface area contributed by atoms with E-state index in [9.17, 15) is 19.7 Å². The molecule has 0 aliphatic rings. The molecule has 0 spiro atoms. The third-order valence-electron chi connectivity index (χ3n) is 2.05. The average molecular weight is 226 g/mol. The second-order valence-electron chi connectivity index (χ2n) is 3.53. The number of aromatic carboxylic acids is 1. The second-order valence-corrected chi connectivity index (χ2v) is 3.53. The molecule has 1 rings (SSSR count). The number of hydrogen-bond donors (Lipinski definition) is 2. The van der Waals surface area contributed by atoms with Crippen LogP contribution in [0.3, 0.4) is 0 Å². The Morgan fingerprint density at radius 2 is 2.12 bits per heavy atom. The van der Waals surface area contributed by atoms with E-state index in [1.165, 1.54) is 0 Å². The number of pyridine rings is 1. The molecule has 0 amide bonds. The zero-order valence-corrected chi connectivity index (χ0v) is 8.68. The molecular weight excluding hydrogens is 216 g/mol. The Morgan fingerprint density at radius 1 is 1.56 bits per heavy atom. The molecule has 2 N–H and O–H groups in total. The number of nitrogens with zero attached hydrogens (tertiary/aromatic N) is 1. The molecular formula is C9H10N2O5. The molecule has 0 aliphatic heterocycles. The molecule has 0 bridgehead atoms. The summed E-state index contributed by atoms with van der Waals surface area (Å²) in [5.74, 6) is -1.75. The van der Waals surface area contributed by atoms with Gasteiger partial charge in [0.2, 0.25) is 0 Å². The summed E-state index contributed by atoms with van der Waals surface area (Å²) in [5.41, 5.74) is -1.72. The van der Waals surface area contributed by atoms with Crippen molar-refractivity contribution < 1.29 is 14.8 Å². The summed E-state index contributed by atoms with van der Waals surface area (Å²) in [7, 11) is 0. The number of rotatable bonds is 3. The lowest BCUT2D eigenvalue weighted by Crippen LogP contribution is -2.20. The molecule has 0 fully saturated rings. The van der Waals surface area contributed by atoms with Crippen LogP contribution in [0.25, 0.3) is 0 Å². The molecule has 86 valence electrons. The summed E-state index contributed by atoms with van der Waals surface area (Å²) < 4.78 is 0. The molecule has 0 aliphatic carbocycles. The van der Waals surface area contributed by atoms with Crippen molar-refractivity contribution in [3.05, 3.63) is 37.8 Å². The molecule has 0 unspecified atom stereocenters. The smallest absolute Gasteiger partial charge is 0.341 e. The first-order valence-corrected chi connectivity index (χ1v) is 4.49. The van der Waals surface area contributed by atoms with Crippen molar-refractivity contribution in [1.82, 2.24) is 4.98 Å². The van der Waals surface area contributed by atoms with Crippen LogP contribution in [0.4, 0.5) is 5.69 Å². The largest absolute Gasteiger partial charge is 0.477 e. The maximum atomic E-state index is 11.3. The van der Waals surface area contributed by atoms with Crippen LogP contribution in [0, 0.1) is 10.1 Å². The summed E-state index contributed by atoms with van der Waals surface area (Å²) in [6.07, 6.45) is 0. The van der Waals surface area contributed by atoms with Crippen LogP contribution in [-0.2, 0) is 0 Å². The summed E-state index contributed by atoms with van der Waals surface area (Å²) in [5, 5.41) is 19.4. The fourth-order valence-corrected chi connectivity index (χ4v) is 1.28. The number of H-pyrrole nitrogens is 1. The van der Waals surface area contributed by atoms with E-state index in [-0.39, 0.29) is 17.3 Å². The molecule has 0 saturated carbocycles. The van der Waals surface area contributed by atoms with Gasteiger partial charge in [-0.05, 0) is 0 Å². The first kappa shape index (κ1) is 11.9. The third-order valence-corrected chi connectivity index (χ3v) is 2.05. The highest BCUT2D eigenvalue weighted by Gasteiger charge is 2.22. The Morgan fingerprint density at radius 3 is 2.50 bits per heavy atom. The van der Waals surface area contributed by atoms with Gasteiger partial charge in [0, 0.05) is 12.0 Å². The predicted molar refractivity (Wildman–Crippen MR) is 54.8 cm³/mol. The van der Waals surface area contributed by atoms with Crippen molar-refractivity contribution in [3.8, 4) is 0 Å². The number of aromatic nitrogens is 1. The van der Waals surface area contributed by atoms with Gasteiger partial charge < -0.3 is 10.1 Å². The summed E-state index contributed by atoms with van der Waals surface area (Å²) in [6, 6.07) is 0.788. The van der Waals surface area contributed by atoms with Crippen LogP contribution in [0.1, 0.15) is 35.8 Å². The molecule has 1 aromatic heterocycles. The van der Waals surface area contributed by atoms with Gasteiger partial charge in [-0.15, -0.1) is 0 Å². The van der Waals surface area contributed by atoms with Gasteiger partial charge in [0.15, 0.2) is 0 Å². The summed E-state index contributed by atoms with van der Waals surface area (Å²) >= 11 is 0. The minimum atomic E-state index is -1.49. The molecule has 0 radical (unpaired) electrons. The standard InChI is InChI=1S/C9H10N2O5/c1-4(2)7-6(11(15)16)3-5(9(13)14)8(12)10-7/h3-4H,1-2H3,(H,10,12)(H,13,14). The molecule has 0 atom stereocenters. The summed E-state index contributed by atoms with van der Waals surface area (Å²) in [6.45, 7) is 3.33. The van der Waals surface area contributed by atoms with E-state index in [0.717, 1.165) is 6.07 Å². The molecule has 1 heterocycles. The highest BCUT2D eigenvalue weighted by atomic mass is 16.6. The van der Waals surface area contributed by atoms with Gasteiger partial charge in [0.1, 0.15) is 5.56 Å². The number of aromatic amines is 1. The zero-order chi connectivity index (χ0) is 12.5. The van der Waals surface area contributed by atoms with Crippen LogP contribution < -0.4 is 5.56 Å². The lowest BCUT2D eigenvalue weighted by atomic mass is 10.1. The maximum absolute atomic E-state index is 11.3. The SMILES string of the molecule is CC(C)c1[nH]c(=O)c(C(=O)O)cc1[N+](=O)[O-]. The van der Waals surface area contributed by atoms with Gasteiger partial charge in [-0.3, -0.25) is 14.9 Å². The normalized spacial score (nSPS) is 10.4. The lowest BCUT2D eigenvalue weighted by Gasteiger charge is -2.06. The summed E-state index contributed by atoms with van der Waals surface area (Å²) in [4.78, 5) is 34.2. The number of carboxylic acid groups (broad SMARTS) is 1. The Balaban J connectivity index is 3.56. The first-order chi connectivity index (χ1) is 7.34. The number of carbonyl (C=O) groups is 1. The molecule has 1 aromatic rings. The van der Waals surface area contributed by atoms with Crippen LogP contribution in [-0.4, -0.2) is 21.0 Å². The van der Waals surface area contributed by atoms with Crippen LogP contribution in [0.15, 0.2) is 10.9 Å². The Bertz CT molecular complexity index is 503. The minimum Gasteiger partial charge on any atom is -0.477 e. The fourth-order valence-electron chi connectivity index (χ4n) is 1.28. The fraction of sp³-hybridized carbons (Fsp3) is 0.333. The van der Waals surface area contributed by atoms with Gasteiger partial charge in [0.05, 0.1) is 10.6 Å². The lowest BCUT2D eigenvalue weighted by molar-refractivity contribution is -0.386. The van der Waals surface area contributed by atoms with Crippen LogP contribution >= 0.6 is 0 Å². The third kappa shape index (κ3) is 2.08. The van der Waals surface area contributed by atoms with Crippen molar-refractivity contribution >= 4 is 11.7 Å². The van der Waals surface area contributed by atoms with E-state index in [0.29, 0.717) is 0 Å². The van der Waals surface area contributed by atoms with Gasteiger partial charge in [-0.1, -0.05) is 13.8 Å². The first-order valence-electron chi connectivity index (χ1n) is 4.49. The van der Waals surface area contributed by atoms with Crippen molar-refractivity contribution in [2.45, 2.75) is 19.8 Å². The number of hydrogen-bond acceptors (Lipinski definition) is 4. The van der Waals surface area contributed by atoms with Gasteiger partial charge in [0.25, 0.3) is 11.2 Å². The van der Waals surface area contributed by atoms with E-state index >= 15 is 0 Å². The van der Waals surface area contributed by atoms with Crippen LogP contribution in [0.2, 0.25) is 0 Å². The van der Waals surface area contributed by atoms with Crippen molar-refractivity contribution in [2.24, 2.45) is 0 Å². The van der Waals surface area contributed by atoms with E-state index in [1.54, 1.807) is 13.8 Å². The zero-order valence-electron chi connectivity index (χ0n) is 8.68. The van der Waals surface area contributed by atoms with Gasteiger partial charge in [-0.25, -0.2) is 4.79 Å². The number of nitro groups is 1. The number of nitrogens with one attached hydrogen (secondary N) is 1. The Labute approximate surface area is 89.9 Å². The van der Waals surface area contributed by atoms with Gasteiger partial charge >= 0.3 is 5.97 Å². The molecule has 7 heteroatoms. The Hall–Kier alpha value is -2.18. The Kier molecular flexibility index (Phi) is 3.07. The van der Waals surface area contributed by atoms with Crippen molar-refractivity contribution in [1.29, 1.82) is 0 Å². The van der Waals surface area contributed by atoms with Crippen LogP contribution in [0.5, 0.6) is 0 Å². The number of carboxylic acids is 1. The highest BCUT2D eigenvalue weighted by molar-refractivity contribution is 5.88. The molecule has 0 aromatic carbocycles. The monoisotopic (exact) mass is 226 g/mol. The van der Waals surface area contributed by atoms with Crippen molar-refractivity contribution in [2.75, 3.05) is 0 Å². The quantitative estimate of drug-likeness (QED) is 0.591. The molecule has 16 heavy (non-hydrogen) atoms. The van der Waals surface area contributed by atoms with E-state index in [1.807, 2.05) is 0 Å². The van der Waals surface area contributed by atoms with Gasteiger partial charge in [-0.2, -0.15) is 0 Å². The topological polar surface area (TPSA) is 113 Å². The molecule has 7 nitrogen and oxygen atoms in total. The van der Waals surface area contributed by atoms with E-state index in [2.05, 4.69) is 4.98 Å². The average Bonchev–Trinajstić information content (AvgIpc) is 2.15.